The normalized spacial score (nSPS) is 17.6. The molecule has 0 radical (unpaired) electrons. The van der Waals surface area contributed by atoms with Crippen LogP contribution in [0, 0.1) is 5.41 Å². The minimum Gasteiger partial charge on any atom is -0.461 e. The Hall–Kier alpha value is -1.59. The molecule has 1 heterocycles. The van der Waals surface area contributed by atoms with Gasteiger partial charge in [0.1, 0.15) is 0 Å². The minimum atomic E-state index is 0.0424. The summed E-state index contributed by atoms with van der Waals surface area (Å²) in [5.74, 6) is 1.11. The third-order valence-corrected chi connectivity index (χ3v) is 3.91. The Morgan fingerprint density at radius 3 is 2.38 bits per heavy atom. The molecule has 0 aromatic carbocycles. The number of ether oxygens (including phenoxy) is 1. The molecule has 6 nitrogen and oxygen atoms in total. The molecule has 1 aromatic rings. The van der Waals surface area contributed by atoms with Crippen molar-refractivity contribution in [3.63, 3.8) is 0 Å². The smallest absolute Gasteiger partial charge is 0.323 e. The van der Waals surface area contributed by atoms with Crippen molar-refractivity contribution in [2.24, 2.45) is 5.41 Å². The van der Waals surface area contributed by atoms with Crippen LogP contribution >= 0.6 is 0 Å². The summed E-state index contributed by atoms with van der Waals surface area (Å²) in [6.45, 7) is 7.14. The van der Waals surface area contributed by atoms with Crippen LogP contribution in [0.5, 0.6) is 6.01 Å². The molecule has 2 rings (SSSR count). The van der Waals surface area contributed by atoms with E-state index in [1.54, 1.807) is 7.05 Å². The van der Waals surface area contributed by atoms with Crippen molar-refractivity contribution in [2.75, 3.05) is 24.2 Å². The lowest BCUT2D eigenvalue weighted by molar-refractivity contribution is 0.221. The van der Waals surface area contributed by atoms with E-state index in [4.69, 9.17) is 4.74 Å². The number of nitrogens with one attached hydrogen (secondary N) is 2. The van der Waals surface area contributed by atoms with Crippen LogP contribution in [0.4, 0.5) is 11.9 Å². The van der Waals surface area contributed by atoms with Gasteiger partial charge in [-0.05, 0) is 32.1 Å². The van der Waals surface area contributed by atoms with Gasteiger partial charge in [0.05, 0.1) is 6.10 Å². The van der Waals surface area contributed by atoms with Crippen molar-refractivity contribution in [2.45, 2.75) is 59.0 Å². The molecule has 2 N–H and O–H groups in total. The van der Waals surface area contributed by atoms with Crippen molar-refractivity contribution in [3.05, 3.63) is 0 Å². The largest absolute Gasteiger partial charge is 0.461 e. The van der Waals surface area contributed by atoms with Gasteiger partial charge in [0.15, 0.2) is 0 Å². The predicted molar refractivity (Wildman–Crippen MR) is 84.8 cm³/mol. The molecule has 6 heteroatoms. The van der Waals surface area contributed by atoms with E-state index in [1.165, 1.54) is 32.1 Å². The summed E-state index contributed by atoms with van der Waals surface area (Å²) in [7, 11) is 1.79. The van der Waals surface area contributed by atoms with Crippen LogP contribution in [0.15, 0.2) is 0 Å². The van der Waals surface area contributed by atoms with Gasteiger partial charge in [-0.15, -0.1) is 0 Å². The van der Waals surface area contributed by atoms with Crippen molar-refractivity contribution in [1.82, 2.24) is 15.0 Å². The van der Waals surface area contributed by atoms with Gasteiger partial charge < -0.3 is 15.4 Å². The van der Waals surface area contributed by atoms with E-state index in [-0.39, 0.29) is 6.10 Å². The Labute approximate surface area is 127 Å². The fourth-order valence-corrected chi connectivity index (χ4v) is 2.69. The summed E-state index contributed by atoms with van der Waals surface area (Å²) >= 11 is 0. The zero-order chi connectivity index (χ0) is 15.3. The third kappa shape index (κ3) is 4.72. The van der Waals surface area contributed by atoms with Crippen LogP contribution < -0.4 is 15.4 Å². The van der Waals surface area contributed by atoms with Gasteiger partial charge in [-0.1, -0.05) is 26.2 Å². The van der Waals surface area contributed by atoms with E-state index >= 15 is 0 Å². The van der Waals surface area contributed by atoms with Gasteiger partial charge in [-0.25, -0.2) is 0 Å². The van der Waals surface area contributed by atoms with Crippen LogP contribution in [0.1, 0.15) is 52.9 Å². The fraction of sp³-hybridized carbons (Fsp3) is 0.800. The molecular weight excluding hydrogens is 266 g/mol. The topological polar surface area (TPSA) is 72.0 Å². The number of anilines is 2. The minimum absolute atomic E-state index is 0.0424. The van der Waals surface area contributed by atoms with Crippen molar-refractivity contribution >= 4 is 11.9 Å². The van der Waals surface area contributed by atoms with Gasteiger partial charge in [-0.3, -0.25) is 0 Å². The summed E-state index contributed by atoms with van der Waals surface area (Å²) in [5, 5.41) is 6.31. The Bertz CT molecular complexity index is 457. The zero-order valence-corrected chi connectivity index (χ0v) is 13.6. The highest BCUT2D eigenvalue weighted by atomic mass is 16.5. The summed E-state index contributed by atoms with van der Waals surface area (Å²) in [6.07, 6.45) is 6.56. The Balaban J connectivity index is 2.04. The Kier molecular flexibility index (Phi) is 5.20. The zero-order valence-electron chi connectivity index (χ0n) is 13.6. The van der Waals surface area contributed by atoms with Gasteiger partial charge in [-0.2, -0.15) is 15.0 Å². The van der Waals surface area contributed by atoms with E-state index < -0.39 is 0 Å². The summed E-state index contributed by atoms with van der Waals surface area (Å²) in [6, 6.07) is 0.362. The quantitative estimate of drug-likeness (QED) is 0.840. The van der Waals surface area contributed by atoms with E-state index in [0.717, 1.165) is 6.54 Å². The highest BCUT2D eigenvalue weighted by Crippen LogP contribution is 2.35. The lowest BCUT2D eigenvalue weighted by Crippen LogP contribution is -2.29. The second-order valence-electron chi connectivity index (χ2n) is 6.41. The molecule has 1 aliphatic carbocycles. The maximum absolute atomic E-state index is 5.57. The standard InChI is InChI=1S/C15H27N5O/c1-11(2)21-14-19-12(16-4)18-13(20-14)17-10-15(3)8-6-5-7-9-15/h11H,5-10H2,1-4H3,(H2,16,17,18,19,20). The van der Waals surface area contributed by atoms with E-state index in [9.17, 15) is 0 Å². The molecule has 0 spiro atoms. The average Bonchev–Trinajstić information content (AvgIpc) is 2.45. The van der Waals surface area contributed by atoms with Crippen LogP contribution in [-0.2, 0) is 0 Å². The van der Waals surface area contributed by atoms with E-state index in [0.29, 0.717) is 23.3 Å². The lowest BCUT2D eigenvalue weighted by Gasteiger charge is -2.33. The fourth-order valence-electron chi connectivity index (χ4n) is 2.69. The second-order valence-corrected chi connectivity index (χ2v) is 6.41. The highest BCUT2D eigenvalue weighted by molar-refractivity contribution is 5.35. The number of aromatic nitrogens is 3. The SMILES string of the molecule is CNc1nc(NCC2(C)CCCCC2)nc(OC(C)C)n1. The molecule has 1 aromatic heterocycles. The van der Waals surface area contributed by atoms with E-state index in [2.05, 4.69) is 32.5 Å². The van der Waals surface area contributed by atoms with Crippen LogP contribution in [0.3, 0.4) is 0 Å². The monoisotopic (exact) mass is 293 g/mol. The van der Waals surface area contributed by atoms with Crippen molar-refractivity contribution < 1.29 is 4.74 Å². The number of nitrogens with zero attached hydrogens (tertiary/aromatic N) is 3. The first-order valence-corrected chi connectivity index (χ1v) is 7.85. The average molecular weight is 293 g/mol. The first-order valence-electron chi connectivity index (χ1n) is 7.85. The van der Waals surface area contributed by atoms with Gasteiger partial charge in [0, 0.05) is 13.6 Å². The molecule has 118 valence electrons. The molecule has 0 atom stereocenters. The molecule has 0 unspecified atom stereocenters. The van der Waals surface area contributed by atoms with Crippen molar-refractivity contribution in [3.8, 4) is 6.01 Å². The maximum Gasteiger partial charge on any atom is 0.323 e. The predicted octanol–water partition coefficient (Wildman–Crippen LogP) is 3.08. The molecule has 21 heavy (non-hydrogen) atoms. The number of rotatable bonds is 6. The van der Waals surface area contributed by atoms with E-state index in [1.807, 2.05) is 13.8 Å². The Morgan fingerprint density at radius 2 is 1.76 bits per heavy atom. The molecule has 0 bridgehead atoms. The molecular formula is C15H27N5O. The summed E-state index contributed by atoms with van der Waals surface area (Å²) in [5.41, 5.74) is 0.337. The summed E-state index contributed by atoms with van der Waals surface area (Å²) < 4.78 is 5.57. The molecule has 1 fully saturated rings. The second kappa shape index (κ2) is 6.91. The third-order valence-electron chi connectivity index (χ3n) is 3.91. The van der Waals surface area contributed by atoms with Crippen LogP contribution in [-0.4, -0.2) is 34.6 Å². The van der Waals surface area contributed by atoms with Gasteiger partial charge in [0.2, 0.25) is 11.9 Å². The maximum atomic E-state index is 5.57. The molecule has 0 amide bonds. The van der Waals surface area contributed by atoms with Crippen LogP contribution in [0.2, 0.25) is 0 Å². The van der Waals surface area contributed by atoms with Crippen molar-refractivity contribution in [1.29, 1.82) is 0 Å². The molecule has 0 saturated heterocycles. The number of hydrogen-bond acceptors (Lipinski definition) is 6. The van der Waals surface area contributed by atoms with Gasteiger partial charge >= 0.3 is 6.01 Å². The first kappa shape index (κ1) is 15.8. The van der Waals surface area contributed by atoms with Gasteiger partial charge in [0.25, 0.3) is 0 Å². The molecule has 0 aliphatic heterocycles. The lowest BCUT2D eigenvalue weighted by atomic mass is 9.76. The first-order chi connectivity index (χ1) is 10.0. The number of hydrogen-bond donors (Lipinski definition) is 2. The summed E-state index contributed by atoms with van der Waals surface area (Å²) in [4.78, 5) is 12.9. The highest BCUT2D eigenvalue weighted by Gasteiger charge is 2.26. The Morgan fingerprint density at radius 1 is 1.10 bits per heavy atom. The molecule has 1 aliphatic rings. The van der Waals surface area contributed by atoms with Crippen LogP contribution in [0.25, 0.3) is 0 Å². The molecule has 1 saturated carbocycles.